The second kappa shape index (κ2) is 10.6. The largest absolute Gasteiger partial charge is 0.135 e. The van der Waals surface area contributed by atoms with E-state index in [0.29, 0.717) is 0 Å². The highest BCUT2D eigenvalue weighted by molar-refractivity contribution is 7.92. The summed E-state index contributed by atoms with van der Waals surface area (Å²) in [4.78, 5) is 0. The molecule has 0 saturated carbocycles. The van der Waals surface area contributed by atoms with Crippen molar-refractivity contribution in [2.24, 2.45) is 0 Å². The lowest BCUT2D eigenvalue weighted by Gasteiger charge is -2.53. The second-order valence-electron chi connectivity index (χ2n) is 17.1. The van der Waals surface area contributed by atoms with E-state index in [2.05, 4.69) is 165 Å². The monoisotopic (exact) mass is 618 g/mol. The Bertz CT molecular complexity index is 878. The van der Waals surface area contributed by atoms with Crippen LogP contribution in [-0.2, 0) is 0 Å². The van der Waals surface area contributed by atoms with Gasteiger partial charge >= 0.3 is 0 Å². The van der Waals surface area contributed by atoms with Crippen LogP contribution in [0.3, 0.4) is 0 Å². The van der Waals surface area contributed by atoms with Gasteiger partial charge in [-0.15, -0.1) is 11.1 Å². The van der Waals surface area contributed by atoms with Gasteiger partial charge in [-0.25, -0.2) is 0 Å². The van der Waals surface area contributed by atoms with E-state index in [1.165, 1.54) is 11.1 Å². The molecular formula is C28H58Si8. The maximum absolute atomic E-state index is 4.17. The third-order valence-corrected chi connectivity index (χ3v) is 147. The first-order valence-corrected chi connectivity index (χ1v) is 44.8. The molecule has 202 valence electrons. The Morgan fingerprint density at radius 3 is 0.639 bits per heavy atom. The van der Waals surface area contributed by atoms with Gasteiger partial charge in [0.2, 0.25) is 0 Å². The maximum atomic E-state index is 4.17. The van der Waals surface area contributed by atoms with Crippen LogP contribution in [0.4, 0.5) is 0 Å². The zero-order valence-electron chi connectivity index (χ0n) is 27.3. The minimum Gasteiger partial charge on any atom is -0.135 e. The van der Waals surface area contributed by atoms with Crippen molar-refractivity contribution in [1.82, 2.24) is 0 Å². The summed E-state index contributed by atoms with van der Waals surface area (Å²) < 4.78 is 0. The Kier molecular flexibility index (Phi) is 10.0. The smallest absolute Gasteiger partial charge is 0.115 e. The topological polar surface area (TPSA) is 0 Å². The van der Waals surface area contributed by atoms with Crippen molar-refractivity contribution in [1.29, 1.82) is 0 Å². The molecule has 0 atom stereocenters. The summed E-state index contributed by atoms with van der Waals surface area (Å²) in [6.45, 7) is 43.9. The van der Waals surface area contributed by atoms with Crippen LogP contribution in [-0.4, -0.2) is 58.8 Å². The van der Waals surface area contributed by atoms with E-state index in [1.807, 2.05) is 0 Å². The van der Waals surface area contributed by atoms with E-state index in [1.54, 1.807) is 0 Å². The highest BCUT2D eigenvalue weighted by Crippen LogP contribution is 2.37. The molecule has 1 rings (SSSR count). The molecule has 1 aromatic rings. The lowest BCUT2D eigenvalue weighted by Crippen LogP contribution is -2.82. The lowest BCUT2D eigenvalue weighted by atomic mass is 10.1. The van der Waals surface area contributed by atoms with Crippen LogP contribution in [0.2, 0.25) is 118 Å². The van der Waals surface area contributed by atoms with Crippen molar-refractivity contribution < 1.29 is 0 Å². The highest BCUT2D eigenvalue weighted by atomic mass is 29.9. The molecule has 0 aliphatic heterocycles. The van der Waals surface area contributed by atoms with E-state index >= 15 is 0 Å². The average molecular weight is 619 g/mol. The quantitative estimate of drug-likeness (QED) is 0.221. The van der Waals surface area contributed by atoms with Gasteiger partial charge in [0, 0.05) is 56.7 Å². The summed E-state index contributed by atoms with van der Waals surface area (Å²) in [6, 6.07) is 9.04. The van der Waals surface area contributed by atoms with E-state index < -0.39 is 58.8 Å². The van der Waals surface area contributed by atoms with Crippen molar-refractivity contribution in [3.05, 3.63) is 35.4 Å². The van der Waals surface area contributed by atoms with E-state index in [0.717, 1.165) is 0 Å². The standard InChI is InChI=1S/C28H58Si8/c1-29(2,3)35(30(4,5)6,31(7,8)9)25-23-27-19-21-28(22-20-27)24-26-36(32(10,11)12,33(13,14)15)34(16,17)18/h19-22H,1-18H3. The lowest BCUT2D eigenvalue weighted by molar-refractivity contribution is 1.60. The predicted octanol–water partition coefficient (Wildman–Crippen LogP) is 8.87. The van der Waals surface area contributed by atoms with Crippen LogP contribution >= 0.6 is 0 Å². The SMILES string of the molecule is C[Si](C)(C)[Si](C#Cc1ccc(C#C[Si]([Si](C)(C)C)([Si](C)(C)C)[Si](C)(C)C)cc1)([Si](C)(C)C)[Si](C)(C)C. The van der Waals surface area contributed by atoms with Crippen molar-refractivity contribution in [3.8, 4) is 22.9 Å². The van der Waals surface area contributed by atoms with Gasteiger partial charge in [0.1, 0.15) is 13.3 Å². The molecule has 0 radical (unpaired) electrons. The van der Waals surface area contributed by atoms with Crippen LogP contribution in [0.5, 0.6) is 0 Å². The third kappa shape index (κ3) is 6.44. The Balaban J connectivity index is 3.65. The average Bonchev–Trinajstić information content (AvgIpc) is 2.56. The first-order valence-electron chi connectivity index (χ1n) is 13.8. The molecule has 0 saturated heterocycles. The summed E-state index contributed by atoms with van der Waals surface area (Å²) in [5.41, 5.74) is 10.7. The summed E-state index contributed by atoms with van der Waals surface area (Å²) in [5.74, 6) is 7.55. The molecule has 0 aliphatic rings. The van der Waals surface area contributed by atoms with Gasteiger partial charge in [-0.05, 0) is 24.3 Å². The molecule has 8 heteroatoms. The zero-order chi connectivity index (χ0) is 28.8. The Morgan fingerprint density at radius 2 is 0.500 bits per heavy atom. The molecule has 0 amide bonds. The second-order valence-corrected chi connectivity index (χ2v) is 97.1. The van der Waals surface area contributed by atoms with Gasteiger partial charge in [-0.3, -0.25) is 0 Å². The molecule has 0 aromatic heterocycles. The minimum atomic E-state index is -1.65. The van der Waals surface area contributed by atoms with Crippen LogP contribution in [0.15, 0.2) is 24.3 Å². The minimum absolute atomic E-state index is 1.19. The molecule has 0 fully saturated rings. The van der Waals surface area contributed by atoms with Crippen LogP contribution in [0.1, 0.15) is 11.1 Å². The molecule has 36 heavy (non-hydrogen) atoms. The molecule has 0 heterocycles. The molecule has 0 unspecified atom stereocenters. The van der Waals surface area contributed by atoms with Crippen LogP contribution in [0, 0.1) is 22.9 Å². The summed E-state index contributed by atoms with van der Waals surface area (Å²) >= 11 is 0. The number of rotatable bonds is 6. The first kappa shape index (κ1) is 34.1. The van der Waals surface area contributed by atoms with Crippen molar-refractivity contribution in [3.63, 3.8) is 0 Å². The Labute approximate surface area is 233 Å². The summed E-state index contributed by atoms with van der Waals surface area (Å²) in [5, 5.41) is 0. The van der Waals surface area contributed by atoms with E-state index in [4.69, 9.17) is 0 Å². The number of hydrogen-bond donors (Lipinski definition) is 0. The Hall–Kier alpha value is 0.0751. The molecule has 0 nitrogen and oxygen atoms in total. The van der Waals surface area contributed by atoms with Gasteiger partial charge < -0.3 is 0 Å². The third-order valence-electron chi connectivity index (χ3n) is 8.42. The fourth-order valence-corrected chi connectivity index (χ4v) is 195. The zero-order valence-corrected chi connectivity index (χ0v) is 35.3. The normalized spacial score (nSPS) is 14.5. The van der Waals surface area contributed by atoms with Crippen molar-refractivity contribution >= 4 is 58.8 Å². The number of hydrogen-bond acceptors (Lipinski definition) is 0. The maximum Gasteiger partial charge on any atom is 0.115 e. The summed E-state index contributed by atoms with van der Waals surface area (Å²) in [7, 11) is -8.27. The summed E-state index contributed by atoms with van der Waals surface area (Å²) in [6.07, 6.45) is 0. The first-order chi connectivity index (χ1) is 15.7. The molecule has 1 aromatic carbocycles. The Morgan fingerprint density at radius 1 is 0.333 bits per heavy atom. The highest BCUT2D eigenvalue weighted by Gasteiger charge is 2.62. The van der Waals surface area contributed by atoms with Gasteiger partial charge in [0.05, 0.1) is 0 Å². The van der Waals surface area contributed by atoms with Gasteiger partial charge in [-0.2, -0.15) is 0 Å². The van der Waals surface area contributed by atoms with Gasteiger partial charge in [-0.1, -0.05) is 130 Å². The van der Waals surface area contributed by atoms with E-state index in [9.17, 15) is 0 Å². The van der Waals surface area contributed by atoms with Crippen LogP contribution in [0.25, 0.3) is 0 Å². The fraction of sp³-hybridized carbons (Fsp3) is 0.643. The molecule has 0 aliphatic carbocycles. The van der Waals surface area contributed by atoms with E-state index in [-0.39, 0.29) is 0 Å². The van der Waals surface area contributed by atoms with Gasteiger partial charge in [0.25, 0.3) is 0 Å². The molecule has 0 bridgehead atoms. The van der Waals surface area contributed by atoms with Gasteiger partial charge in [0.15, 0.2) is 0 Å². The predicted molar refractivity (Wildman–Crippen MR) is 192 cm³/mol. The molecule has 0 N–H and O–H groups in total. The molecule has 0 spiro atoms. The number of benzene rings is 1. The fourth-order valence-electron chi connectivity index (χ4n) is 8.84. The van der Waals surface area contributed by atoms with Crippen molar-refractivity contribution in [2.75, 3.05) is 0 Å². The van der Waals surface area contributed by atoms with Crippen LogP contribution < -0.4 is 0 Å². The molecular weight excluding hydrogens is 561 g/mol. The van der Waals surface area contributed by atoms with Crippen molar-refractivity contribution in [2.45, 2.75) is 118 Å².